The van der Waals surface area contributed by atoms with Gasteiger partial charge in [0.1, 0.15) is 0 Å². The van der Waals surface area contributed by atoms with Crippen molar-refractivity contribution in [3.05, 3.63) is 51.1 Å². The highest BCUT2D eigenvalue weighted by molar-refractivity contribution is 7.89. The summed E-state index contributed by atoms with van der Waals surface area (Å²) in [7, 11) is -3.57. The molecule has 1 saturated heterocycles. The van der Waals surface area contributed by atoms with Gasteiger partial charge in [0.15, 0.2) is 5.58 Å². The van der Waals surface area contributed by atoms with E-state index in [1.165, 1.54) is 21.3 Å². The third-order valence-corrected chi connectivity index (χ3v) is 7.47. The van der Waals surface area contributed by atoms with Gasteiger partial charge in [-0.3, -0.25) is 4.98 Å². The van der Waals surface area contributed by atoms with Gasteiger partial charge >= 0.3 is 5.76 Å². The van der Waals surface area contributed by atoms with Crippen LogP contribution in [-0.2, 0) is 16.4 Å². The maximum Gasteiger partial charge on any atom is 0.417 e. The average molecular weight is 378 g/mol. The normalized spacial score (nSPS) is 17.3. The molecule has 1 fully saturated rings. The Bertz CT molecular complexity index is 1030. The molecule has 0 atom stereocenters. The lowest BCUT2D eigenvalue weighted by molar-refractivity contribution is 0.273. The Balaban J connectivity index is 1.49. The molecule has 6 nitrogen and oxygen atoms in total. The second-order valence-electron chi connectivity index (χ2n) is 6.30. The quantitative estimate of drug-likeness (QED) is 0.757. The lowest BCUT2D eigenvalue weighted by Crippen LogP contribution is -2.38. The summed E-state index contributed by atoms with van der Waals surface area (Å²) in [5, 5.41) is 2.07. The van der Waals surface area contributed by atoms with Gasteiger partial charge in [-0.1, -0.05) is 6.07 Å². The van der Waals surface area contributed by atoms with Crippen LogP contribution in [0.4, 0.5) is 0 Å². The average Bonchev–Trinajstić information content (AvgIpc) is 3.22. The van der Waals surface area contributed by atoms with E-state index in [0.29, 0.717) is 24.5 Å². The topological polar surface area (TPSA) is 83.4 Å². The van der Waals surface area contributed by atoms with Gasteiger partial charge in [-0.15, -0.1) is 11.3 Å². The second kappa shape index (κ2) is 6.44. The summed E-state index contributed by atoms with van der Waals surface area (Å²) >= 11 is 1.75. The van der Waals surface area contributed by atoms with Crippen LogP contribution in [0.5, 0.6) is 0 Å². The lowest BCUT2D eigenvalue weighted by atomic mass is 9.94. The minimum atomic E-state index is -3.57. The molecule has 3 heterocycles. The van der Waals surface area contributed by atoms with Crippen LogP contribution in [0.3, 0.4) is 0 Å². The standard InChI is InChI=1S/C17H18N2O4S2/c20-17-18-15-4-3-14(11-16(15)23-17)25(21,22)19-7-5-12(6-8-19)10-13-2-1-9-24-13/h1-4,9,11-12H,5-8,10H2,(H,18,20). The lowest BCUT2D eigenvalue weighted by Gasteiger charge is -2.31. The van der Waals surface area contributed by atoms with Gasteiger partial charge in [0.25, 0.3) is 0 Å². The van der Waals surface area contributed by atoms with Crippen LogP contribution in [0.2, 0.25) is 0 Å². The van der Waals surface area contributed by atoms with Gasteiger partial charge in [-0.25, -0.2) is 13.2 Å². The largest absolute Gasteiger partial charge is 0.417 e. The van der Waals surface area contributed by atoms with Crippen LogP contribution in [0, 0.1) is 5.92 Å². The fourth-order valence-corrected chi connectivity index (χ4v) is 5.61. The van der Waals surface area contributed by atoms with Crippen molar-refractivity contribution in [2.75, 3.05) is 13.1 Å². The molecule has 3 aromatic rings. The number of nitrogens with one attached hydrogen (secondary N) is 1. The second-order valence-corrected chi connectivity index (χ2v) is 9.27. The summed E-state index contributed by atoms with van der Waals surface area (Å²) in [5.41, 5.74) is 0.761. The summed E-state index contributed by atoms with van der Waals surface area (Å²) in [4.78, 5) is 15.3. The third-order valence-electron chi connectivity index (χ3n) is 4.67. The Morgan fingerprint density at radius 3 is 2.76 bits per heavy atom. The monoisotopic (exact) mass is 378 g/mol. The van der Waals surface area contributed by atoms with Crippen molar-refractivity contribution >= 4 is 32.5 Å². The molecule has 0 spiro atoms. The molecular weight excluding hydrogens is 360 g/mol. The molecule has 0 amide bonds. The van der Waals surface area contributed by atoms with E-state index < -0.39 is 15.8 Å². The van der Waals surface area contributed by atoms with Crippen molar-refractivity contribution in [3.63, 3.8) is 0 Å². The number of hydrogen-bond donors (Lipinski definition) is 1. The van der Waals surface area contributed by atoms with Gasteiger partial charge < -0.3 is 4.42 Å². The van der Waals surface area contributed by atoms with E-state index in [4.69, 9.17) is 4.42 Å². The Morgan fingerprint density at radius 2 is 2.04 bits per heavy atom. The maximum absolute atomic E-state index is 12.9. The number of thiophene rings is 1. The zero-order valence-corrected chi connectivity index (χ0v) is 15.1. The summed E-state index contributed by atoms with van der Waals surface area (Å²) < 4.78 is 32.2. The van der Waals surface area contributed by atoms with Crippen molar-refractivity contribution in [2.45, 2.75) is 24.2 Å². The first-order chi connectivity index (χ1) is 12.0. The predicted octanol–water partition coefficient (Wildman–Crippen LogP) is 2.83. The fraction of sp³-hybridized carbons (Fsp3) is 0.353. The van der Waals surface area contributed by atoms with Crippen molar-refractivity contribution in [1.29, 1.82) is 0 Å². The SMILES string of the molecule is O=c1[nH]c2ccc(S(=O)(=O)N3CCC(Cc4cccs4)CC3)cc2o1. The first-order valence-electron chi connectivity index (χ1n) is 8.18. The highest BCUT2D eigenvalue weighted by Crippen LogP contribution is 2.28. The third kappa shape index (κ3) is 3.29. The first-order valence-corrected chi connectivity index (χ1v) is 10.5. The molecule has 0 radical (unpaired) electrons. The molecule has 0 aliphatic carbocycles. The number of hydrogen-bond acceptors (Lipinski definition) is 5. The van der Waals surface area contributed by atoms with Crippen LogP contribution in [-0.4, -0.2) is 30.8 Å². The number of fused-ring (bicyclic) bond motifs is 1. The molecule has 1 N–H and O–H groups in total. The Labute approximate surface area is 149 Å². The van der Waals surface area contributed by atoms with Gasteiger partial charge in [-0.2, -0.15) is 4.31 Å². The molecule has 1 aliphatic heterocycles. The molecule has 2 aromatic heterocycles. The predicted molar refractivity (Wildman–Crippen MR) is 96.3 cm³/mol. The molecule has 25 heavy (non-hydrogen) atoms. The van der Waals surface area contributed by atoms with Crippen molar-refractivity contribution in [1.82, 2.24) is 9.29 Å². The first kappa shape index (κ1) is 16.6. The van der Waals surface area contributed by atoms with E-state index in [-0.39, 0.29) is 10.5 Å². The van der Waals surface area contributed by atoms with Crippen LogP contribution >= 0.6 is 11.3 Å². The van der Waals surface area contributed by atoms with Gasteiger partial charge in [0, 0.05) is 24.0 Å². The van der Waals surface area contributed by atoms with Crippen molar-refractivity contribution in [3.8, 4) is 0 Å². The zero-order chi connectivity index (χ0) is 17.4. The number of sulfonamides is 1. The fourth-order valence-electron chi connectivity index (χ4n) is 3.30. The van der Waals surface area contributed by atoms with Crippen molar-refractivity contribution < 1.29 is 12.8 Å². The number of oxazole rings is 1. The number of rotatable bonds is 4. The molecule has 132 valence electrons. The molecule has 1 aromatic carbocycles. The number of piperidine rings is 1. The van der Waals surface area contributed by atoms with Crippen LogP contribution < -0.4 is 5.76 Å². The van der Waals surface area contributed by atoms with E-state index in [1.807, 2.05) is 0 Å². The van der Waals surface area contributed by atoms with Gasteiger partial charge in [0.2, 0.25) is 10.0 Å². The molecule has 0 bridgehead atoms. The van der Waals surface area contributed by atoms with Gasteiger partial charge in [-0.05, 0) is 48.8 Å². The van der Waals surface area contributed by atoms with E-state index in [2.05, 4.69) is 22.5 Å². The number of aromatic nitrogens is 1. The van der Waals surface area contributed by atoms with E-state index in [9.17, 15) is 13.2 Å². The van der Waals surface area contributed by atoms with Crippen LogP contribution in [0.25, 0.3) is 11.1 Å². The summed E-state index contributed by atoms with van der Waals surface area (Å²) in [6.45, 7) is 1.04. The highest BCUT2D eigenvalue weighted by atomic mass is 32.2. The van der Waals surface area contributed by atoms with Crippen molar-refractivity contribution in [2.24, 2.45) is 5.92 Å². The number of nitrogens with zero attached hydrogens (tertiary/aromatic N) is 1. The summed E-state index contributed by atoms with van der Waals surface area (Å²) in [5.74, 6) is -0.0609. The van der Waals surface area contributed by atoms with Gasteiger partial charge in [0.05, 0.1) is 10.4 Å². The Kier molecular flexibility index (Phi) is 4.26. The highest BCUT2D eigenvalue weighted by Gasteiger charge is 2.30. The molecule has 0 unspecified atom stereocenters. The van der Waals surface area contributed by atoms with E-state index >= 15 is 0 Å². The maximum atomic E-state index is 12.9. The minimum absolute atomic E-state index is 0.166. The summed E-state index contributed by atoms with van der Waals surface area (Å²) in [6.07, 6.45) is 2.74. The zero-order valence-electron chi connectivity index (χ0n) is 13.5. The Morgan fingerprint density at radius 1 is 1.24 bits per heavy atom. The molecule has 8 heteroatoms. The number of benzene rings is 1. The molecule has 4 rings (SSSR count). The molecule has 0 saturated carbocycles. The molecule has 1 aliphatic rings. The van der Waals surface area contributed by atoms with E-state index in [1.54, 1.807) is 17.4 Å². The van der Waals surface area contributed by atoms with Crippen LogP contribution in [0.15, 0.2) is 49.8 Å². The Hall–Kier alpha value is -1.90. The van der Waals surface area contributed by atoms with E-state index in [0.717, 1.165) is 19.3 Å². The summed E-state index contributed by atoms with van der Waals surface area (Å²) in [6, 6.07) is 8.68. The minimum Gasteiger partial charge on any atom is -0.408 e. The van der Waals surface area contributed by atoms with Crippen LogP contribution in [0.1, 0.15) is 17.7 Å². The number of H-pyrrole nitrogens is 1. The smallest absolute Gasteiger partial charge is 0.408 e. The molecular formula is C17H18N2O4S2. The number of aromatic amines is 1.